The number of nitrogens with zero attached hydrogens (tertiary/aromatic N) is 2. The summed E-state index contributed by atoms with van der Waals surface area (Å²) in [5.74, 6) is 0.560. The van der Waals surface area contributed by atoms with Crippen LogP contribution in [0.3, 0.4) is 0 Å². The van der Waals surface area contributed by atoms with Gasteiger partial charge in [-0.2, -0.15) is 0 Å². The number of hydrogen-bond donors (Lipinski definition) is 2. The number of hydrogen-bond acceptors (Lipinski definition) is 5. The van der Waals surface area contributed by atoms with E-state index in [2.05, 4.69) is 10.6 Å². The number of nitrogens with one attached hydrogen (secondary N) is 2. The van der Waals surface area contributed by atoms with Gasteiger partial charge >= 0.3 is 0 Å². The van der Waals surface area contributed by atoms with E-state index in [1.807, 2.05) is 13.8 Å². The van der Waals surface area contributed by atoms with Crippen LogP contribution in [0.4, 0.5) is 5.69 Å². The van der Waals surface area contributed by atoms with Gasteiger partial charge in [-0.05, 0) is 43.4 Å². The molecule has 2 N–H and O–H groups in total. The zero-order valence-electron chi connectivity index (χ0n) is 18.7. The molecule has 0 spiro atoms. The second-order valence-electron chi connectivity index (χ2n) is 8.64. The molecule has 4 rings (SSSR count). The molecule has 32 heavy (non-hydrogen) atoms. The first-order valence-electron chi connectivity index (χ1n) is 11.1. The van der Waals surface area contributed by atoms with Gasteiger partial charge < -0.3 is 10.6 Å². The number of benzene rings is 1. The summed E-state index contributed by atoms with van der Waals surface area (Å²) in [6.07, 6.45) is 3.85. The van der Waals surface area contributed by atoms with Gasteiger partial charge in [-0.25, -0.2) is 4.98 Å². The summed E-state index contributed by atoms with van der Waals surface area (Å²) in [4.78, 5) is 44.7. The van der Waals surface area contributed by atoms with Crippen molar-refractivity contribution in [1.29, 1.82) is 0 Å². The lowest BCUT2D eigenvalue weighted by molar-refractivity contribution is 0.0950. The zero-order valence-corrected chi connectivity index (χ0v) is 19.5. The fourth-order valence-corrected chi connectivity index (χ4v) is 5.07. The van der Waals surface area contributed by atoms with Crippen LogP contribution in [0, 0.1) is 12.8 Å². The maximum Gasteiger partial charge on any atom is 0.266 e. The van der Waals surface area contributed by atoms with E-state index in [-0.39, 0.29) is 17.4 Å². The van der Waals surface area contributed by atoms with Gasteiger partial charge in [0.15, 0.2) is 0 Å². The summed E-state index contributed by atoms with van der Waals surface area (Å²) < 4.78 is 1.77. The molecule has 1 aliphatic rings. The Bertz CT molecular complexity index is 1240. The van der Waals surface area contributed by atoms with Gasteiger partial charge in [0.2, 0.25) is 0 Å². The van der Waals surface area contributed by atoms with E-state index in [9.17, 15) is 14.4 Å². The van der Waals surface area contributed by atoms with Crippen LogP contribution in [0.1, 0.15) is 64.5 Å². The minimum absolute atomic E-state index is 0.0619. The van der Waals surface area contributed by atoms with Crippen molar-refractivity contribution in [3.63, 3.8) is 0 Å². The number of carbonyl (C=O) groups excluding carboxylic acids is 2. The number of aryl methyl sites for hydroxylation is 2. The van der Waals surface area contributed by atoms with Crippen molar-refractivity contribution >= 4 is 39.1 Å². The lowest BCUT2D eigenvalue weighted by Crippen LogP contribution is -2.28. The van der Waals surface area contributed by atoms with Crippen molar-refractivity contribution in [3.8, 4) is 0 Å². The van der Waals surface area contributed by atoms with Crippen LogP contribution in [-0.4, -0.2) is 27.9 Å². The van der Waals surface area contributed by atoms with Crippen LogP contribution < -0.4 is 16.2 Å². The number of para-hydroxylation sites is 1. The highest BCUT2D eigenvalue weighted by molar-refractivity contribution is 7.20. The Hall–Kier alpha value is -3.00. The van der Waals surface area contributed by atoms with E-state index in [1.165, 1.54) is 11.3 Å². The number of amides is 2. The smallest absolute Gasteiger partial charge is 0.266 e. The highest BCUT2D eigenvalue weighted by Crippen LogP contribution is 2.29. The minimum Gasteiger partial charge on any atom is -0.352 e. The molecule has 0 unspecified atom stereocenters. The molecule has 7 nitrogen and oxygen atoms in total. The SMILES string of the molecule is Cc1c(C(=O)Nc2ccccc2C(=O)NCC(C)C)sc2nc3n(c(=O)c12)CCCCC3. The third kappa shape index (κ3) is 4.32. The van der Waals surface area contributed by atoms with Crippen LogP contribution in [0.5, 0.6) is 0 Å². The Balaban J connectivity index is 1.66. The Kier molecular flexibility index (Phi) is 6.41. The van der Waals surface area contributed by atoms with Gasteiger partial charge in [0.25, 0.3) is 17.4 Å². The first-order chi connectivity index (χ1) is 15.4. The average molecular weight is 453 g/mol. The van der Waals surface area contributed by atoms with E-state index in [1.54, 1.807) is 35.8 Å². The van der Waals surface area contributed by atoms with E-state index < -0.39 is 0 Å². The number of anilines is 1. The van der Waals surface area contributed by atoms with E-state index in [0.717, 1.165) is 31.5 Å². The standard InChI is InChI=1S/C24H28N4O3S/c1-14(2)13-25-21(29)16-9-6-7-10-17(16)26-22(30)20-15(3)19-23(32-20)27-18-11-5-4-8-12-28(18)24(19)31/h6-7,9-10,14H,4-5,8,11-13H2,1-3H3,(H,25,29)(H,26,30). The molecule has 0 atom stereocenters. The second-order valence-corrected chi connectivity index (χ2v) is 9.63. The summed E-state index contributed by atoms with van der Waals surface area (Å²) in [5, 5.41) is 6.28. The molecule has 1 aliphatic heterocycles. The molecule has 0 fully saturated rings. The first kappa shape index (κ1) is 22.2. The number of rotatable bonds is 5. The summed E-state index contributed by atoms with van der Waals surface area (Å²) in [5.41, 5.74) is 1.43. The maximum atomic E-state index is 13.2. The van der Waals surface area contributed by atoms with Crippen LogP contribution in [0.2, 0.25) is 0 Å². The molecule has 3 aromatic rings. The number of carbonyl (C=O) groups is 2. The average Bonchev–Trinajstić information content (AvgIpc) is 2.93. The fraction of sp³-hybridized carbons (Fsp3) is 0.417. The Labute approximate surface area is 190 Å². The highest BCUT2D eigenvalue weighted by Gasteiger charge is 2.23. The van der Waals surface area contributed by atoms with Crippen molar-refractivity contribution in [1.82, 2.24) is 14.9 Å². The second kappa shape index (κ2) is 9.24. The highest BCUT2D eigenvalue weighted by atomic mass is 32.1. The van der Waals surface area contributed by atoms with Gasteiger partial charge in [0.1, 0.15) is 10.7 Å². The van der Waals surface area contributed by atoms with E-state index in [4.69, 9.17) is 4.98 Å². The molecular formula is C24H28N4O3S. The molecule has 0 radical (unpaired) electrons. The van der Waals surface area contributed by atoms with Crippen LogP contribution in [0.25, 0.3) is 10.2 Å². The Morgan fingerprint density at radius 3 is 2.72 bits per heavy atom. The Morgan fingerprint density at radius 2 is 1.94 bits per heavy atom. The predicted octanol–water partition coefficient (Wildman–Crippen LogP) is 4.13. The molecule has 0 bridgehead atoms. The van der Waals surface area contributed by atoms with Crippen molar-refractivity contribution in [2.45, 2.75) is 53.0 Å². The minimum atomic E-state index is -0.339. The number of thiophene rings is 1. The predicted molar refractivity (Wildman–Crippen MR) is 128 cm³/mol. The lowest BCUT2D eigenvalue weighted by atomic mass is 10.1. The van der Waals surface area contributed by atoms with E-state index >= 15 is 0 Å². The Morgan fingerprint density at radius 1 is 1.16 bits per heavy atom. The summed E-state index contributed by atoms with van der Waals surface area (Å²) in [7, 11) is 0. The van der Waals surface area contributed by atoms with Gasteiger partial charge in [-0.1, -0.05) is 32.4 Å². The molecule has 0 saturated heterocycles. The van der Waals surface area contributed by atoms with Crippen LogP contribution >= 0.6 is 11.3 Å². The van der Waals surface area contributed by atoms with E-state index in [0.29, 0.717) is 50.9 Å². The van der Waals surface area contributed by atoms with Gasteiger partial charge in [0.05, 0.1) is 21.5 Å². The lowest BCUT2D eigenvalue weighted by Gasteiger charge is -2.12. The normalized spacial score (nSPS) is 13.6. The van der Waals surface area contributed by atoms with Crippen molar-refractivity contribution in [2.24, 2.45) is 5.92 Å². The number of fused-ring (bicyclic) bond motifs is 2. The quantitative estimate of drug-likeness (QED) is 0.609. The number of aromatic nitrogens is 2. The van der Waals surface area contributed by atoms with Gasteiger partial charge in [-0.15, -0.1) is 11.3 Å². The van der Waals surface area contributed by atoms with Gasteiger partial charge in [-0.3, -0.25) is 19.0 Å². The summed E-state index contributed by atoms with van der Waals surface area (Å²) in [6, 6.07) is 6.94. The zero-order chi connectivity index (χ0) is 22.8. The first-order valence-corrected chi connectivity index (χ1v) is 11.9. The largest absolute Gasteiger partial charge is 0.352 e. The molecule has 1 aromatic carbocycles. The molecule has 8 heteroatoms. The molecule has 168 valence electrons. The third-order valence-corrected chi connectivity index (χ3v) is 6.89. The van der Waals surface area contributed by atoms with Crippen LogP contribution in [-0.2, 0) is 13.0 Å². The van der Waals surface area contributed by atoms with Crippen molar-refractivity contribution in [3.05, 3.63) is 56.4 Å². The molecule has 2 amide bonds. The topological polar surface area (TPSA) is 93.1 Å². The molecular weight excluding hydrogens is 424 g/mol. The molecule has 0 saturated carbocycles. The summed E-state index contributed by atoms with van der Waals surface area (Å²) in [6.45, 7) is 7.06. The molecule has 2 aromatic heterocycles. The van der Waals surface area contributed by atoms with Gasteiger partial charge in [0, 0.05) is 19.5 Å². The molecule has 3 heterocycles. The molecule has 0 aliphatic carbocycles. The van der Waals surface area contributed by atoms with Crippen molar-refractivity contribution in [2.75, 3.05) is 11.9 Å². The monoisotopic (exact) mass is 452 g/mol. The van der Waals surface area contributed by atoms with Crippen molar-refractivity contribution < 1.29 is 9.59 Å². The summed E-state index contributed by atoms with van der Waals surface area (Å²) >= 11 is 1.24. The maximum absolute atomic E-state index is 13.2. The van der Waals surface area contributed by atoms with Crippen LogP contribution in [0.15, 0.2) is 29.1 Å². The fourth-order valence-electron chi connectivity index (χ4n) is 3.99. The third-order valence-electron chi connectivity index (χ3n) is 5.71.